The van der Waals surface area contributed by atoms with Crippen molar-refractivity contribution >= 4 is 16.7 Å². The summed E-state index contributed by atoms with van der Waals surface area (Å²) in [5.74, 6) is 2.04. The summed E-state index contributed by atoms with van der Waals surface area (Å²) in [5.41, 5.74) is 3.70. The Hall–Kier alpha value is -4.67. The summed E-state index contributed by atoms with van der Waals surface area (Å²) in [5, 5.41) is 18.0. The predicted molar refractivity (Wildman–Crippen MR) is 152 cm³/mol. The van der Waals surface area contributed by atoms with Crippen molar-refractivity contribution in [1.82, 2.24) is 34.3 Å². The second kappa shape index (κ2) is 10.8. The summed E-state index contributed by atoms with van der Waals surface area (Å²) < 4.78 is 16.8. The van der Waals surface area contributed by atoms with Crippen molar-refractivity contribution in [3.8, 4) is 22.9 Å². The standard InChI is InChI=1S/C29H32N8O3/c1-30-26-14-25-24(16-31-26)29(20-15-32-35(2)18-20)34-37(25)21-6-10-23(11-7-21)40-27-12-13-28(38)36(33-27)17-19-4-8-22(39-3)9-5-19/h4-5,8-9,12-16,18,21,23H,6-7,10-11,17H2,1-3H3,(H,30,31)/t21-,23+. The highest BCUT2D eigenvalue weighted by atomic mass is 16.5. The molecule has 0 amide bonds. The van der Waals surface area contributed by atoms with Gasteiger partial charge < -0.3 is 14.8 Å². The van der Waals surface area contributed by atoms with E-state index in [4.69, 9.17) is 14.6 Å². The second-order valence-corrected chi connectivity index (χ2v) is 10.1. The largest absolute Gasteiger partial charge is 0.497 e. The Bertz CT molecular complexity index is 1680. The first-order valence-electron chi connectivity index (χ1n) is 13.4. The molecular formula is C29H32N8O3. The highest BCUT2D eigenvalue weighted by Gasteiger charge is 2.27. The first kappa shape index (κ1) is 25.6. The number of benzene rings is 1. The van der Waals surface area contributed by atoms with Gasteiger partial charge in [-0.25, -0.2) is 9.67 Å². The fourth-order valence-electron chi connectivity index (χ4n) is 5.29. The first-order chi connectivity index (χ1) is 19.5. The van der Waals surface area contributed by atoms with E-state index in [0.29, 0.717) is 12.4 Å². The van der Waals surface area contributed by atoms with Crippen molar-refractivity contribution in [1.29, 1.82) is 0 Å². The van der Waals surface area contributed by atoms with Crippen molar-refractivity contribution in [2.24, 2.45) is 7.05 Å². The minimum atomic E-state index is -0.169. The number of rotatable bonds is 8. The zero-order valence-corrected chi connectivity index (χ0v) is 22.8. The van der Waals surface area contributed by atoms with Gasteiger partial charge in [0.25, 0.3) is 5.56 Å². The molecule has 11 heteroatoms. The number of pyridine rings is 1. The summed E-state index contributed by atoms with van der Waals surface area (Å²) >= 11 is 0. The Labute approximate surface area is 231 Å². The van der Waals surface area contributed by atoms with Crippen LogP contribution < -0.4 is 20.3 Å². The molecule has 1 aromatic carbocycles. The smallest absolute Gasteiger partial charge is 0.267 e. The van der Waals surface area contributed by atoms with Gasteiger partial charge in [-0.15, -0.1) is 5.10 Å². The molecule has 11 nitrogen and oxygen atoms in total. The molecule has 0 unspecified atom stereocenters. The van der Waals surface area contributed by atoms with Gasteiger partial charge in [0.1, 0.15) is 23.4 Å². The SMILES string of the molecule is CNc1cc2c(cn1)c(-c1cnn(C)c1)nn2[C@H]1CC[C@@H](Oc2ccc(=O)n(Cc3ccc(OC)cc3)n2)CC1. The molecule has 1 N–H and O–H groups in total. The molecule has 4 aromatic heterocycles. The minimum absolute atomic E-state index is 0.0184. The number of nitrogens with one attached hydrogen (secondary N) is 1. The van der Waals surface area contributed by atoms with Crippen LogP contribution in [-0.2, 0) is 13.6 Å². The van der Waals surface area contributed by atoms with Gasteiger partial charge in [-0.2, -0.15) is 10.2 Å². The summed E-state index contributed by atoms with van der Waals surface area (Å²) in [7, 11) is 5.40. The summed E-state index contributed by atoms with van der Waals surface area (Å²) in [4.78, 5) is 17.0. The van der Waals surface area contributed by atoms with Crippen LogP contribution in [-0.4, -0.2) is 54.6 Å². The number of hydrogen-bond donors (Lipinski definition) is 1. The van der Waals surface area contributed by atoms with Crippen LogP contribution in [0.3, 0.4) is 0 Å². The lowest BCUT2D eigenvalue weighted by atomic mass is 9.93. The van der Waals surface area contributed by atoms with E-state index in [9.17, 15) is 4.79 Å². The molecule has 0 radical (unpaired) electrons. The third-order valence-electron chi connectivity index (χ3n) is 7.44. The van der Waals surface area contributed by atoms with E-state index in [-0.39, 0.29) is 17.7 Å². The van der Waals surface area contributed by atoms with E-state index in [0.717, 1.165) is 65.0 Å². The quantitative estimate of drug-likeness (QED) is 0.314. The number of fused-ring (bicyclic) bond motifs is 1. The predicted octanol–water partition coefficient (Wildman–Crippen LogP) is 4.05. The maximum absolute atomic E-state index is 12.4. The molecule has 1 aliphatic carbocycles. The maximum atomic E-state index is 12.4. The molecule has 6 rings (SSSR count). The normalized spacial score (nSPS) is 17.2. The lowest BCUT2D eigenvalue weighted by molar-refractivity contribution is 0.123. The number of methoxy groups -OCH3 is 1. The molecule has 0 saturated heterocycles. The summed E-state index contributed by atoms with van der Waals surface area (Å²) in [6, 6.07) is 13.1. The molecule has 1 saturated carbocycles. The molecule has 1 aliphatic rings. The fraction of sp³-hybridized carbons (Fsp3) is 0.345. The van der Waals surface area contributed by atoms with Crippen molar-refractivity contribution in [2.75, 3.05) is 19.5 Å². The molecule has 1 fully saturated rings. The fourth-order valence-corrected chi connectivity index (χ4v) is 5.29. The van der Waals surface area contributed by atoms with Gasteiger partial charge in [-0.05, 0) is 43.4 Å². The molecule has 0 atom stereocenters. The molecule has 0 aliphatic heterocycles. The number of nitrogens with zero attached hydrogens (tertiary/aromatic N) is 7. The number of ether oxygens (including phenoxy) is 2. The molecule has 4 heterocycles. The highest BCUT2D eigenvalue weighted by Crippen LogP contribution is 2.36. The second-order valence-electron chi connectivity index (χ2n) is 10.1. The minimum Gasteiger partial charge on any atom is -0.497 e. The van der Waals surface area contributed by atoms with Gasteiger partial charge in [0.15, 0.2) is 0 Å². The third-order valence-corrected chi connectivity index (χ3v) is 7.44. The van der Waals surface area contributed by atoms with E-state index < -0.39 is 0 Å². The molecule has 5 aromatic rings. The van der Waals surface area contributed by atoms with Crippen LogP contribution in [0.15, 0.2) is 65.8 Å². The van der Waals surface area contributed by atoms with Crippen LogP contribution >= 0.6 is 0 Å². The van der Waals surface area contributed by atoms with Gasteiger partial charge >= 0.3 is 0 Å². The Morgan fingerprint density at radius 2 is 1.82 bits per heavy atom. The van der Waals surface area contributed by atoms with Gasteiger partial charge in [0.05, 0.1) is 31.4 Å². The Kier molecular flexibility index (Phi) is 6.93. The van der Waals surface area contributed by atoms with E-state index >= 15 is 0 Å². The molecule has 0 spiro atoms. The van der Waals surface area contributed by atoms with Crippen molar-refractivity contribution in [2.45, 2.75) is 44.4 Å². The maximum Gasteiger partial charge on any atom is 0.267 e. The van der Waals surface area contributed by atoms with Gasteiger partial charge in [0.2, 0.25) is 5.88 Å². The van der Waals surface area contributed by atoms with Crippen LogP contribution in [0.5, 0.6) is 11.6 Å². The summed E-state index contributed by atoms with van der Waals surface area (Å²) in [6.07, 6.45) is 9.26. The number of aryl methyl sites for hydroxylation is 1. The summed E-state index contributed by atoms with van der Waals surface area (Å²) in [6.45, 7) is 0.363. The van der Waals surface area contributed by atoms with E-state index in [1.54, 1.807) is 17.9 Å². The lowest BCUT2D eigenvalue weighted by Crippen LogP contribution is -2.28. The monoisotopic (exact) mass is 540 g/mol. The average molecular weight is 541 g/mol. The van der Waals surface area contributed by atoms with Crippen LogP contribution in [0.1, 0.15) is 37.3 Å². The van der Waals surface area contributed by atoms with Gasteiger partial charge in [0, 0.05) is 55.6 Å². The van der Waals surface area contributed by atoms with Gasteiger partial charge in [-0.3, -0.25) is 14.2 Å². The lowest BCUT2D eigenvalue weighted by Gasteiger charge is -2.29. The first-order valence-corrected chi connectivity index (χ1v) is 13.4. The Balaban J connectivity index is 1.17. The van der Waals surface area contributed by atoms with Crippen molar-refractivity contribution in [3.05, 3.63) is 77.0 Å². The number of hydrogen-bond acceptors (Lipinski definition) is 8. The Morgan fingerprint density at radius 3 is 2.52 bits per heavy atom. The molecular weight excluding hydrogens is 508 g/mol. The van der Waals surface area contributed by atoms with Crippen LogP contribution in [0.25, 0.3) is 22.2 Å². The third kappa shape index (κ3) is 5.14. The van der Waals surface area contributed by atoms with E-state index in [2.05, 4.69) is 31.2 Å². The molecule has 40 heavy (non-hydrogen) atoms. The van der Waals surface area contributed by atoms with E-state index in [1.807, 2.05) is 57.0 Å². The highest BCUT2D eigenvalue weighted by molar-refractivity contribution is 5.93. The van der Waals surface area contributed by atoms with E-state index in [1.165, 1.54) is 10.7 Å². The van der Waals surface area contributed by atoms with Crippen LogP contribution in [0.4, 0.5) is 5.82 Å². The Morgan fingerprint density at radius 1 is 1.02 bits per heavy atom. The zero-order valence-electron chi connectivity index (χ0n) is 22.8. The van der Waals surface area contributed by atoms with Crippen LogP contribution in [0.2, 0.25) is 0 Å². The number of anilines is 1. The topological polar surface area (TPSA) is 114 Å². The van der Waals surface area contributed by atoms with Crippen molar-refractivity contribution < 1.29 is 9.47 Å². The molecule has 0 bridgehead atoms. The number of aromatic nitrogens is 7. The van der Waals surface area contributed by atoms with Gasteiger partial charge in [-0.1, -0.05) is 12.1 Å². The average Bonchev–Trinajstić information content (AvgIpc) is 3.58. The zero-order chi connectivity index (χ0) is 27.6. The van der Waals surface area contributed by atoms with Crippen LogP contribution in [0, 0.1) is 0 Å². The van der Waals surface area contributed by atoms with Crippen molar-refractivity contribution in [3.63, 3.8) is 0 Å². The molecule has 206 valence electrons.